The molecule has 0 aromatic carbocycles. The fourth-order valence-electron chi connectivity index (χ4n) is 3.88. The van der Waals surface area contributed by atoms with Crippen molar-refractivity contribution in [1.82, 2.24) is 0 Å². The molecule has 0 aliphatic carbocycles. The summed E-state index contributed by atoms with van der Waals surface area (Å²) in [6.07, 6.45) is 9.59. The van der Waals surface area contributed by atoms with Gasteiger partial charge in [0, 0.05) is 0 Å². The normalized spacial score (nSPS) is 46.5. The molecule has 2 aliphatic heterocycles. The Morgan fingerprint density at radius 3 is 2.23 bits per heavy atom. The topological polar surface area (TPSA) is 0 Å². The third kappa shape index (κ3) is 2.07. The second-order valence-corrected chi connectivity index (χ2v) is 13.0. The first-order chi connectivity index (χ1) is 6.12. The van der Waals surface area contributed by atoms with Crippen molar-refractivity contribution in [2.75, 3.05) is 18.5 Å². The second kappa shape index (κ2) is 3.96. The van der Waals surface area contributed by atoms with Crippen LogP contribution in [0.3, 0.4) is 0 Å². The Labute approximate surface area is 96.7 Å². The van der Waals surface area contributed by atoms with Gasteiger partial charge in [0.1, 0.15) is 0 Å². The first kappa shape index (κ1) is 10.7. The van der Waals surface area contributed by atoms with Crippen LogP contribution in [0.15, 0.2) is 0 Å². The van der Waals surface area contributed by atoms with E-state index in [-0.39, 0.29) is 0 Å². The summed E-state index contributed by atoms with van der Waals surface area (Å²) in [4.78, 5) is 0. The van der Waals surface area contributed by atoms with Crippen molar-refractivity contribution in [2.24, 2.45) is 11.8 Å². The summed E-state index contributed by atoms with van der Waals surface area (Å²) in [6.45, 7) is 4.98. The zero-order valence-electron chi connectivity index (χ0n) is 8.85. The van der Waals surface area contributed by atoms with Crippen LogP contribution >= 0.6 is 29.9 Å². The molecule has 13 heavy (non-hydrogen) atoms. The van der Waals surface area contributed by atoms with Crippen LogP contribution in [0.5, 0.6) is 0 Å². The zero-order chi connectivity index (χ0) is 9.47. The van der Waals surface area contributed by atoms with E-state index < -0.39 is 7.26 Å². The van der Waals surface area contributed by atoms with Gasteiger partial charge in [0.05, 0.1) is 0 Å². The van der Waals surface area contributed by atoms with Crippen molar-refractivity contribution >= 4 is 29.9 Å². The number of alkyl halides is 1. The number of halogens is 1. The van der Waals surface area contributed by atoms with Crippen molar-refractivity contribution in [2.45, 2.75) is 36.8 Å². The van der Waals surface area contributed by atoms with E-state index in [9.17, 15) is 0 Å². The van der Waals surface area contributed by atoms with Crippen molar-refractivity contribution in [3.8, 4) is 0 Å². The van der Waals surface area contributed by atoms with Gasteiger partial charge in [-0.2, -0.15) is 0 Å². The molecule has 0 bridgehead atoms. The third-order valence-corrected chi connectivity index (χ3v) is 14.7. The molecule has 0 aromatic heterocycles. The Hall–Kier alpha value is 1.16. The van der Waals surface area contributed by atoms with Gasteiger partial charge in [-0.1, -0.05) is 0 Å². The van der Waals surface area contributed by atoms with Gasteiger partial charge in [-0.05, 0) is 0 Å². The van der Waals surface area contributed by atoms with Crippen molar-refractivity contribution in [1.29, 1.82) is 0 Å². The molecule has 0 radical (unpaired) electrons. The molecule has 3 atom stereocenters. The van der Waals surface area contributed by atoms with Crippen LogP contribution in [0.25, 0.3) is 0 Å². The summed E-state index contributed by atoms with van der Waals surface area (Å²) in [5, 5.41) is 0. The van der Waals surface area contributed by atoms with E-state index in [2.05, 4.69) is 36.4 Å². The Balaban J connectivity index is 2.12. The summed E-state index contributed by atoms with van der Waals surface area (Å²) < 4.78 is 1.12. The van der Waals surface area contributed by atoms with Crippen molar-refractivity contribution < 1.29 is 0 Å². The van der Waals surface area contributed by atoms with Crippen LogP contribution in [0.1, 0.15) is 33.1 Å². The molecule has 2 aliphatic rings. The number of hydrogen-bond donors (Lipinski definition) is 0. The Morgan fingerprint density at radius 2 is 1.77 bits per heavy atom. The summed E-state index contributed by atoms with van der Waals surface area (Å²) >= 11 is 2.79. The molecule has 0 aromatic rings. The third-order valence-electron chi connectivity index (χ3n) is 4.11. The van der Waals surface area contributed by atoms with Crippen LogP contribution in [-0.4, -0.2) is 22.2 Å². The Kier molecular flexibility index (Phi) is 3.25. The van der Waals surface area contributed by atoms with Crippen LogP contribution in [-0.2, 0) is 0 Å². The van der Waals surface area contributed by atoms with Gasteiger partial charge in [0.15, 0.2) is 0 Å². The van der Waals surface area contributed by atoms with Crippen LogP contribution in [0.2, 0.25) is 0 Å². The van der Waals surface area contributed by atoms with E-state index in [0.29, 0.717) is 0 Å². The Bertz CT molecular complexity index is 183. The molecule has 2 fully saturated rings. The molecule has 2 saturated heterocycles. The summed E-state index contributed by atoms with van der Waals surface area (Å²) in [5.74, 6) is 2.09. The standard InChI is InChI=1S/C11H22IP/c1-9-6-10(2)8-13(7-9)5-3-4-11(13)12/h9-11,13H,3-8H2,1-2H3. The average molecular weight is 312 g/mol. The van der Waals surface area contributed by atoms with Gasteiger partial charge in [0.2, 0.25) is 0 Å². The first-order valence-electron chi connectivity index (χ1n) is 5.76. The van der Waals surface area contributed by atoms with Gasteiger partial charge in [0.25, 0.3) is 0 Å². The van der Waals surface area contributed by atoms with E-state index in [1.54, 1.807) is 31.3 Å². The van der Waals surface area contributed by atoms with Crippen molar-refractivity contribution in [3.63, 3.8) is 0 Å². The van der Waals surface area contributed by atoms with Crippen LogP contribution in [0.4, 0.5) is 0 Å². The fraction of sp³-hybridized carbons (Fsp3) is 1.00. The maximum absolute atomic E-state index is 2.79. The maximum atomic E-state index is 2.79. The Morgan fingerprint density at radius 1 is 1.15 bits per heavy atom. The van der Waals surface area contributed by atoms with Crippen molar-refractivity contribution in [3.05, 3.63) is 0 Å². The minimum atomic E-state index is -0.762. The molecule has 2 heteroatoms. The predicted octanol–water partition coefficient (Wildman–Crippen LogP) is 3.97. The molecule has 3 unspecified atom stereocenters. The number of rotatable bonds is 0. The molecule has 1 spiro atoms. The first-order valence-corrected chi connectivity index (χ1v) is 9.71. The molecule has 0 saturated carbocycles. The van der Waals surface area contributed by atoms with E-state index in [1.807, 2.05) is 0 Å². The average Bonchev–Trinajstić information content (AvgIpc) is 2.30. The van der Waals surface area contributed by atoms with Gasteiger partial charge >= 0.3 is 97.0 Å². The molecule has 0 N–H and O–H groups in total. The van der Waals surface area contributed by atoms with E-state index in [1.165, 1.54) is 6.42 Å². The molecule has 0 nitrogen and oxygen atoms in total. The minimum absolute atomic E-state index is 0.762. The van der Waals surface area contributed by atoms with Gasteiger partial charge in [-0.25, -0.2) is 0 Å². The SMILES string of the molecule is CC1CC(C)C[PH]2(CCCC2I)C1. The predicted molar refractivity (Wildman–Crippen MR) is 72.9 cm³/mol. The zero-order valence-corrected chi connectivity index (χ0v) is 12.0. The van der Waals surface area contributed by atoms with E-state index in [4.69, 9.17) is 0 Å². The summed E-state index contributed by atoms with van der Waals surface area (Å²) in [7, 11) is -0.762. The van der Waals surface area contributed by atoms with Gasteiger partial charge < -0.3 is 0 Å². The number of hydrogen-bond acceptors (Lipinski definition) is 0. The molecular weight excluding hydrogens is 290 g/mol. The van der Waals surface area contributed by atoms with Gasteiger partial charge in [-0.15, -0.1) is 0 Å². The molecular formula is C11H22IP. The van der Waals surface area contributed by atoms with Crippen LogP contribution in [0, 0.1) is 11.8 Å². The molecule has 2 heterocycles. The summed E-state index contributed by atoms with van der Waals surface area (Å²) in [5.41, 5.74) is 0. The van der Waals surface area contributed by atoms with E-state index in [0.717, 1.165) is 15.5 Å². The molecule has 2 rings (SSSR count). The quantitative estimate of drug-likeness (QED) is 0.361. The van der Waals surface area contributed by atoms with Crippen LogP contribution < -0.4 is 0 Å². The van der Waals surface area contributed by atoms with E-state index >= 15 is 0 Å². The summed E-state index contributed by atoms with van der Waals surface area (Å²) in [6, 6.07) is 0. The molecule has 78 valence electrons. The molecule has 0 amide bonds. The fourth-order valence-corrected chi connectivity index (χ4v) is 13.0. The second-order valence-electron chi connectivity index (χ2n) is 5.58. The van der Waals surface area contributed by atoms with Gasteiger partial charge in [-0.3, -0.25) is 0 Å². The monoisotopic (exact) mass is 312 g/mol.